The Morgan fingerprint density at radius 3 is 2.29 bits per heavy atom. The van der Waals surface area contributed by atoms with E-state index in [0.29, 0.717) is 22.4 Å². The molecule has 2 aromatic carbocycles. The van der Waals surface area contributed by atoms with Crippen molar-refractivity contribution in [2.24, 2.45) is 5.92 Å². The van der Waals surface area contributed by atoms with Crippen molar-refractivity contribution < 1.29 is 8.42 Å². The molecule has 0 amide bonds. The van der Waals surface area contributed by atoms with Gasteiger partial charge in [-0.25, -0.2) is 8.42 Å². The van der Waals surface area contributed by atoms with Crippen molar-refractivity contribution in [3.8, 4) is 0 Å². The SMILES string of the molecule is CC(C)c1ccc(S(=O)(=O)Nc2ccc(C3CCN(CC4CC4)C3)cc2)cc1. The third-order valence-corrected chi connectivity index (χ3v) is 7.37. The lowest BCUT2D eigenvalue weighted by molar-refractivity contribution is 0.320. The van der Waals surface area contributed by atoms with E-state index in [1.807, 2.05) is 24.3 Å². The molecule has 4 nitrogen and oxygen atoms in total. The second-order valence-electron chi connectivity index (χ2n) is 8.64. The molecule has 5 heteroatoms. The fourth-order valence-corrected chi connectivity index (χ4v) is 5.06. The van der Waals surface area contributed by atoms with Gasteiger partial charge in [-0.1, -0.05) is 38.1 Å². The van der Waals surface area contributed by atoms with E-state index in [1.54, 1.807) is 12.1 Å². The number of likely N-dealkylation sites (tertiary alicyclic amines) is 1. The van der Waals surface area contributed by atoms with Crippen molar-refractivity contribution in [1.29, 1.82) is 0 Å². The summed E-state index contributed by atoms with van der Waals surface area (Å²) >= 11 is 0. The summed E-state index contributed by atoms with van der Waals surface area (Å²) in [5.74, 6) is 1.88. The number of nitrogens with zero attached hydrogens (tertiary/aromatic N) is 1. The normalized spacial score (nSPS) is 20.6. The molecule has 28 heavy (non-hydrogen) atoms. The zero-order valence-corrected chi connectivity index (χ0v) is 17.6. The number of benzene rings is 2. The molecule has 1 aliphatic carbocycles. The highest BCUT2D eigenvalue weighted by molar-refractivity contribution is 7.92. The Labute approximate surface area is 169 Å². The van der Waals surface area contributed by atoms with E-state index in [4.69, 9.17) is 0 Å². The molecule has 1 saturated heterocycles. The lowest BCUT2D eigenvalue weighted by atomic mass is 9.98. The Kier molecular flexibility index (Phi) is 5.48. The second-order valence-corrected chi connectivity index (χ2v) is 10.3. The molecule has 0 aromatic heterocycles. The van der Waals surface area contributed by atoms with Gasteiger partial charge in [0.25, 0.3) is 10.0 Å². The van der Waals surface area contributed by atoms with Crippen LogP contribution in [0.3, 0.4) is 0 Å². The van der Waals surface area contributed by atoms with Crippen LogP contribution in [0.2, 0.25) is 0 Å². The highest BCUT2D eigenvalue weighted by atomic mass is 32.2. The van der Waals surface area contributed by atoms with Crippen molar-refractivity contribution in [2.45, 2.75) is 49.8 Å². The van der Waals surface area contributed by atoms with Crippen LogP contribution in [0.4, 0.5) is 5.69 Å². The number of sulfonamides is 1. The number of hydrogen-bond donors (Lipinski definition) is 1. The van der Waals surface area contributed by atoms with Crippen LogP contribution < -0.4 is 4.72 Å². The molecule has 1 unspecified atom stereocenters. The molecule has 1 N–H and O–H groups in total. The molecule has 1 saturated carbocycles. The van der Waals surface area contributed by atoms with E-state index in [9.17, 15) is 8.42 Å². The summed E-state index contributed by atoms with van der Waals surface area (Å²) < 4.78 is 28.0. The zero-order valence-electron chi connectivity index (χ0n) is 16.8. The first-order chi connectivity index (χ1) is 13.4. The summed E-state index contributed by atoms with van der Waals surface area (Å²) in [5, 5.41) is 0. The standard InChI is InChI=1S/C23H30N2O2S/c1-17(2)19-7-11-23(12-8-19)28(26,27)24-22-9-5-20(6-10-22)21-13-14-25(16-21)15-18-3-4-18/h5-12,17-18,21,24H,3-4,13-16H2,1-2H3. The monoisotopic (exact) mass is 398 g/mol. The first-order valence-corrected chi connectivity index (χ1v) is 11.8. The van der Waals surface area contributed by atoms with Gasteiger partial charge in [0.15, 0.2) is 0 Å². The molecule has 1 heterocycles. The summed E-state index contributed by atoms with van der Waals surface area (Å²) in [4.78, 5) is 2.88. The third kappa shape index (κ3) is 4.58. The molecule has 1 atom stereocenters. The van der Waals surface area contributed by atoms with Gasteiger partial charge in [-0.3, -0.25) is 4.72 Å². The van der Waals surface area contributed by atoms with Gasteiger partial charge in [0.2, 0.25) is 0 Å². The van der Waals surface area contributed by atoms with E-state index >= 15 is 0 Å². The summed E-state index contributed by atoms with van der Waals surface area (Å²) in [6.45, 7) is 7.76. The van der Waals surface area contributed by atoms with Crippen LogP contribution in [0.5, 0.6) is 0 Å². The Bertz CT molecular complexity index is 901. The Hall–Kier alpha value is -1.85. The molecule has 0 spiro atoms. The summed E-state index contributed by atoms with van der Waals surface area (Å²) in [5.41, 5.74) is 3.06. The van der Waals surface area contributed by atoms with Crippen LogP contribution in [-0.2, 0) is 10.0 Å². The van der Waals surface area contributed by atoms with Crippen LogP contribution >= 0.6 is 0 Å². The molecule has 150 valence electrons. The lowest BCUT2D eigenvalue weighted by Crippen LogP contribution is -2.22. The van der Waals surface area contributed by atoms with Gasteiger partial charge in [0, 0.05) is 18.8 Å². The van der Waals surface area contributed by atoms with Gasteiger partial charge in [0.05, 0.1) is 4.90 Å². The number of hydrogen-bond acceptors (Lipinski definition) is 3. The molecular weight excluding hydrogens is 368 g/mol. The van der Waals surface area contributed by atoms with Crippen molar-refractivity contribution in [3.63, 3.8) is 0 Å². The molecule has 2 aliphatic rings. The lowest BCUT2D eigenvalue weighted by Gasteiger charge is -2.16. The maximum atomic E-state index is 12.7. The Morgan fingerprint density at radius 1 is 1.00 bits per heavy atom. The van der Waals surface area contributed by atoms with Gasteiger partial charge in [0.1, 0.15) is 0 Å². The second kappa shape index (κ2) is 7.88. The van der Waals surface area contributed by atoms with Gasteiger partial charge < -0.3 is 4.90 Å². The van der Waals surface area contributed by atoms with E-state index in [-0.39, 0.29) is 0 Å². The van der Waals surface area contributed by atoms with Crippen molar-refractivity contribution in [3.05, 3.63) is 59.7 Å². The van der Waals surface area contributed by atoms with Gasteiger partial charge in [-0.05, 0) is 79.0 Å². The minimum Gasteiger partial charge on any atom is -0.302 e. The predicted molar refractivity (Wildman–Crippen MR) is 114 cm³/mol. The fraction of sp³-hybridized carbons (Fsp3) is 0.478. The van der Waals surface area contributed by atoms with Gasteiger partial charge in [-0.15, -0.1) is 0 Å². The molecular formula is C23H30N2O2S. The van der Waals surface area contributed by atoms with Gasteiger partial charge >= 0.3 is 0 Å². The summed E-state index contributed by atoms with van der Waals surface area (Å²) in [6, 6.07) is 15.1. The minimum absolute atomic E-state index is 0.299. The van der Waals surface area contributed by atoms with E-state index in [0.717, 1.165) is 18.0 Å². The van der Waals surface area contributed by atoms with Crippen molar-refractivity contribution in [1.82, 2.24) is 4.90 Å². The fourth-order valence-electron chi connectivity index (χ4n) is 4.01. The highest BCUT2D eigenvalue weighted by Crippen LogP contribution is 2.34. The quantitative estimate of drug-likeness (QED) is 0.728. The van der Waals surface area contributed by atoms with E-state index < -0.39 is 10.0 Å². The topological polar surface area (TPSA) is 49.4 Å². The largest absolute Gasteiger partial charge is 0.302 e. The Balaban J connectivity index is 1.39. The Morgan fingerprint density at radius 2 is 1.68 bits per heavy atom. The van der Waals surface area contributed by atoms with Crippen LogP contribution in [0, 0.1) is 5.92 Å². The van der Waals surface area contributed by atoms with Gasteiger partial charge in [-0.2, -0.15) is 0 Å². The zero-order chi connectivity index (χ0) is 19.7. The maximum absolute atomic E-state index is 12.7. The maximum Gasteiger partial charge on any atom is 0.261 e. The van der Waals surface area contributed by atoms with Crippen LogP contribution in [0.25, 0.3) is 0 Å². The predicted octanol–water partition coefficient (Wildman–Crippen LogP) is 4.81. The summed E-state index contributed by atoms with van der Waals surface area (Å²) in [7, 11) is -3.56. The average Bonchev–Trinajstić information content (AvgIpc) is 3.37. The first-order valence-electron chi connectivity index (χ1n) is 10.4. The molecule has 4 rings (SSSR count). The first kappa shape index (κ1) is 19.5. The third-order valence-electron chi connectivity index (χ3n) is 5.98. The molecule has 2 fully saturated rings. The number of nitrogens with one attached hydrogen (secondary N) is 1. The van der Waals surface area contributed by atoms with E-state index in [2.05, 4.69) is 35.6 Å². The van der Waals surface area contributed by atoms with Crippen LogP contribution in [0.15, 0.2) is 53.4 Å². The smallest absolute Gasteiger partial charge is 0.261 e. The number of rotatable bonds is 7. The number of anilines is 1. The highest BCUT2D eigenvalue weighted by Gasteiger charge is 2.29. The van der Waals surface area contributed by atoms with Crippen molar-refractivity contribution in [2.75, 3.05) is 24.4 Å². The summed E-state index contributed by atoms with van der Waals surface area (Å²) in [6.07, 6.45) is 3.99. The van der Waals surface area contributed by atoms with Crippen LogP contribution in [-0.4, -0.2) is 33.0 Å². The van der Waals surface area contributed by atoms with Crippen molar-refractivity contribution >= 4 is 15.7 Å². The molecule has 2 aromatic rings. The molecule has 0 radical (unpaired) electrons. The average molecular weight is 399 g/mol. The molecule has 1 aliphatic heterocycles. The molecule has 0 bridgehead atoms. The minimum atomic E-state index is -3.56. The van der Waals surface area contributed by atoms with Crippen LogP contribution in [0.1, 0.15) is 56.1 Å². The van der Waals surface area contributed by atoms with E-state index in [1.165, 1.54) is 37.9 Å².